The number of carboxylic acids is 2. The first-order valence-electron chi connectivity index (χ1n) is 14.1. The third-order valence-electron chi connectivity index (χ3n) is 8.19. The number of aliphatic carboxylic acids is 2. The topological polar surface area (TPSA) is 174 Å². The fraction of sp³-hybridized carbons (Fsp3) is 0.303. The van der Waals surface area contributed by atoms with Crippen molar-refractivity contribution in [3.8, 4) is 5.88 Å². The minimum Gasteiger partial charge on any atom is -0.860 e. The molecule has 3 aromatic heterocycles. The van der Waals surface area contributed by atoms with Gasteiger partial charge in [0, 0.05) is 46.3 Å². The second kappa shape index (κ2) is 12.5. The number of hydrogen-bond acceptors (Lipinski definition) is 4. The van der Waals surface area contributed by atoms with Crippen LogP contribution in [0.3, 0.4) is 0 Å². The number of carbonyl (C=O) groups excluding carboxylic acids is 1. The van der Waals surface area contributed by atoms with Gasteiger partial charge in [-0.2, -0.15) is 0 Å². The number of aromatic nitrogens is 3. The van der Waals surface area contributed by atoms with Gasteiger partial charge in [-0.15, -0.1) is 0 Å². The maximum atomic E-state index is 12.3. The van der Waals surface area contributed by atoms with E-state index in [9.17, 15) is 29.7 Å². The minimum absolute atomic E-state index is 0.0760. The Morgan fingerprint density at radius 3 is 2.05 bits per heavy atom. The van der Waals surface area contributed by atoms with Gasteiger partial charge in [0.15, 0.2) is 0 Å². The highest BCUT2D eigenvalue weighted by Crippen LogP contribution is 2.29. The standard InChI is InChI=1S/C33H38N4O6/c1-7-20-19(6)32(42)37-27(20)14-25-18(5)23(10-12-31(40)41)29(35-25)15-28-22(9-11-30(38)39)17(4)24(34-28)13-26-16(3)21(8-2)33(43)36-26/h7-8,13-15,19,34-36,43H,2,9-12H2,1,3-6H3,(H,37,42)(H,38,39)(H,40,41)/p-1/b20-7+,24-13+,27-14-,28-15-/t19-/m1/s1. The van der Waals surface area contributed by atoms with E-state index in [-0.39, 0.29) is 43.4 Å². The van der Waals surface area contributed by atoms with E-state index in [0.29, 0.717) is 33.3 Å². The van der Waals surface area contributed by atoms with Crippen molar-refractivity contribution in [2.24, 2.45) is 5.92 Å². The summed E-state index contributed by atoms with van der Waals surface area (Å²) in [5.74, 6) is -2.45. The number of carbonyl (C=O) groups is 3. The lowest BCUT2D eigenvalue weighted by Crippen LogP contribution is -2.16. The summed E-state index contributed by atoms with van der Waals surface area (Å²) in [4.78, 5) is 45.0. The van der Waals surface area contributed by atoms with Crippen molar-refractivity contribution in [1.29, 1.82) is 0 Å². The Balaban J connectivity index is 1.93. The summed E-state index contributed by atoms with van der Waals surface area (Å²) in [5, 5.41) is 35.5. The lowest BCUT2D eigenvalue weighted by atomic mass is 10.00. The highest BCUT2D eigenvalue weighted by molar-refractivity contribution is 5.91. The van der Waals surface area contributed by atoms with E-state index >= 15 is 0 Å². The van der Waals surface area contributed by atoms with Gasteiger partial charge in [0.05, 0.1) is 5.92 Å². The molecule has 10 nitrogen and oxygen atoms in total. The van der Waals surface area contributed by atoms with E-state index in [2.05, 4.69) is 26.8 Å². The summed E-state index contributed by atoms with van der Waals surface area (Å²) in [5.41, 5.74) is 8.17. The first-order valence-corrected chi connectivity index (χ1v) is 14.1. The molecular weight excluding hydrogens is 548 g/mol. The van der Waals surface area contributed by atoms with Gasteiger partial charge < -0.3 is 35.6 Å². The van der Waals surface area contributed by atoms with Gasteiger partial charge in [0.2, 0.25) is 5.91 Å². The summed E-state index contributed by atoms with van der Waals surface area (Å²) in [7, 11) is 0. The van der Waals surface area contributed by atoms with Crippen molar-refractivity contribution in [2.45, 2.75) is 60.3 Å². The lowest BCUT2D eigenvalue weighted by Gasteiger charge is -2.03. The molecule has 226 valence electrons. The highest BCUT2D eigenvalue weighted by atomic mass is 16.4. The number of rotatable bonds is 10. The van der Waals surface area contributed by atoms with Crippen LogP contribution in [0.4, 0.5) is 0 Å². The molecule has 10 heteroatoms. The van der Waals surface area contributed by atoms with E-state index in [1.807, 2.05) is 58.9 Å². The lowest BCUT2D eigenvalue weighted by molar-refractivity contribution is -0.274. The molecule has 6 N–H and O–H groups in total. The molecule has 4 heterocycles. The van der Waals surface area contributed by atoms with Crippen molar-refractivity contribution in [2.75, 3.05) is 0 Å². The predicted molar refractivity (Wildman–Crippen MR) is 163 cm³/mol. The van der Waals surface area contributed by atoms with Gasteiger partial charge in [0.25, 0.3) is 0 Å². The first kappa shape index (κ1) is 31.0. The zero-order valence-electron chi connectivity index (χ0n) is 25.0. The minimum atomic E-state index is -0.927. The van der Waals surface area contributed by atoms with Crippen LogP contribution in [0.15, 0.2) is 23.9 Å². The molecular formula is C33H37N4O6-. The fourth-order valence-corrected chi connectivity index (χ4v) is 5.64. The first-order chi connectivity index (χ1) is 20.4. The zero-order valence-corrected chi connectivity index (χ0v) is 25.0. The zero-order chi connectivity index (χ0) is 31.6. The Morgan fingerprint density at radius 1 is 0.860 bits per heavy atom. The second-order valence-electron chi connectivity index (χ2n) is 10.8. The Hall–Kier alpha value is -4.99. The molecule has 1 fully saturated rings. The Labute approximate surface area is 249 Å². The number of amides is 1. The largest absolute Gasteiger partial charge is 0.860 e. The van der Waals surface area contributed by atoms with Crippen LogP contribution in [-0.2, 0) is 27.2 Å². The van der Waals surface area contributed by atoms with Crippen LogP contribution in [0.5, 0.6) is 5.88 Å². The molecule has 1 atom stereocenters. The van der Waals surface area contributed by atoms with Crippen molar-refractivity contribution >= 4 is 42.1 Å². The van der Waals surface area contributed by atoms with Crippen molar-refractivity contribution in [3.05, 3.63) is 85.1 Å². The molecule has 1 aliphatic heterocycles. The third kappa shape index (κ3) is 6.28. The van der Waals surface area contributed by atoms with Crippen LogP contribution in [-0.4, -0.2) is 43.0 Å². The maximum absolute atomic E-state index is 12.3. The van der Waals surface area contributed by atoms with Crippen LogP contribution in [0.2, 0.25) is 0 Å². The van der Waals surface area contributed by atoms with Gasteiger partial charge in [-0.1, -0.05) is 18.7 Å². The molecule has 0 aliphatic carbocycles. The molecule has 1 aliphatic rings. The molecule has 0 unspecified atom stereocenters. The monoisotopic (exact) mass is 585 g/mol. The molecule has 1 saturated heterocycles. The molecule has 0 radical (unpaired) electrons. The van der Waals surface area contributed by atoms with E-state index in [1.54, 1.807) is 0 Å². The molecule has 0 aromatic carbocycles. The van der Waals surface area contributed by atoms with Crippen LogP contribution in [0.25, 0.3) is 24.3 Å². The molecule has 0 bridgehead atoms. The van der Waals surface area contributed by atoms with Crippen molar-refractivity contribution in [1.82, 2.24) is 20.3 Å². The van der Waals surface area contributed by atoms with E-state index in [0.717, 1.165) is 39.1 Å². The molecule has 3 aromatic rings. The summed E-state index contributed by atoms with van der Waals surface area (Å²) < 4.78 is 0. The van der Waals surface area contributed by atoms with Crippen molar-refractivity contribution in [3.63, 3.8) is 0 Å². The summed E-state index contributed by atoms with van der Waals surface area (Å²) in [6.07, 6.45) is 9.36. The molecule has 0 spiro atoms. The number of H-pyrrole nitrogens is 3. The molecule has 4 rings (SSSR count). The summed E-state index contributed by atoms with van der Waals surface area (Å²) in [6.45, 7) is 13.1. The van der Waals surface area contributed by atoms with Gasteiger partial charge in [0.1, 0.15) is 0 Å². The summed E-state index contributed by atoms with van der Waals surface area (Å²) >= 11 is 0. The Morgan fingerprint density at radius 2 is 1.47 bits per heavy atom. The van der Waals surface area contributed by atoms with E-state index in [4.69, 9.17) is 0 Å². The number of aromatic amines is 3. The average molecular weight is 586 g/mol. The quantitative estimate of drug-likeness (QED) is 0.213. The fourth-order valence-electron chi connectivity index (χ4n) is 5.64. The number of hydrogen-bond donors (Lipinski definition) is 6. The van der Waals surface area contributed by atoms with Crippen molar-refractivity contribution < 1.29 is 29.7 Å². The molecule has 43 heavy (non-hydrogen) atoms. The van der Waals surface area contributed by atoms with Crippen LogP contribution >= 0.6 is 0 Å². The Bertz CT molecular complexity index is 1810. The normalized spacial score (nSPS) is 17.8. The summed E-state index contributed by atoms with van der Waals surface area (Å²) in [6, 6.07) is 0. The van der Waals surface area contributed by atoms with Crippen LogP contribution in [0, 0.1) is 26.7 Å². The number of allylic oxidation sites excluding steroid dienone is 2. The number of nitrogens with one attached hydrogen (secondary N) is 4. The van der Waals surface area contributed by atoms with E-state index in [1.165, 1.54) is 6.08 Å². The SMILES string of the molecule is C=Cc1c([O-])[nH]c(/C=c2/[nH]/c(=C\c3[nH]c(/C=C4\NC(=O)[C@H](C)\C4=C/C)c(C)c3CCC(=O)O)c(CCC(=O)O)c2C)c1C. The van der Waals surface area contributed by atoms with Gasteiger partial charge in [-0.05, 0) is 111 Å². The molecule has 1 amide bonds. The van der Waals surface area contributed by atoms with Gasteiger partial charge in [-0.3, -0.25) is 14.4 Å². The predicted octanol–water partition coefficient (Wildman–Crippen LogP) is 3.06. The Kier molecular flexibility index (Phi) is 8.99. The average Bonchev–Trinajstić information content (AvgIpc) is 3.59. The second-order valence-corrected chi connectivity index (χ2v) is 10.8. The van der Waals surface area contributed by atoms with Gasteiger partial charge in [-0.25, -0.2) is 0 Å². The van der Waals surface area contributed by atoms with E-state index < -0.39 is 11.9 Å². The number of carboxylic acid groups (broad SMARTS) is 2. The van der Waals surface area contributed by atoms with Gasteiger partial charge >= 0.3 is 11.9 Å². The maximum Gasteiger partial charge on any atom is 0.303 e. The smallest absolute Gasteiger partial charge is 0.303 e. The van der Waals surface area contributed by atoms with Crippen LogP contribution < -0.4 is 21.1 Å². The molecule has 0 saturated carbocycles. The third-order valence-corrected chi connectivity index (χ3v) is 8.19. The van der Waals surface area contributed by atoms with Crippen LogP contribution in [0.1, 0.15) is 77.2 Å². The highest BCUT2D eigenvalue weighted by Gasteiger charge is 2.29.